The fraction of sp³-hybridized carbons (Fsp3) is 0.615. The lowest BCUT2D eigenvalue weighted by molar-refractivity contribution is -0.0483. The van der Waals surface area contributed by atoms with Crippen LogP contribution in [0.1, 0.15) is 43.0 Å². The number of alkyl halides is 2. The van der Waals surface area contributed by atoms with Crippen LogP contribution >= 0.6 is 0 Å². The van der Waals surface area contributed by atoms with Crippen molar-refractivity contribution in [3.8, 4) is 0 Å². The van der Waals surface area contributed by atoms with E-state index in [0.29, 0.717) is 12.8 Å². The van der Waals surface area contributed by atoms with Gasteiger partial charge >= 0.3 is 0 Å². The van der Waals surface area contributed by atoms with E-state index in [1.165, 1.54) is 0 Å². The zero-order valence-corrected chi connectivity index (χ0v) is 10.00. The monoisotopic (exact) mass is 240 g/mol. The van der Waals surface area contributed by atoms with E-state index in [4.69, 9.17) is 5.73 Å². The Morgan fingerprint density at radius 3 is 2.53 bits per heavy atom. The topological polar surface area (TPSA) is 38.9 Å². The van der Waals surface area contributed by atoms with Crippen molar-refractivity contribution in [1.82, 2.24) is 4.98 Å². The highest BCUT2D eigenvalue weighted by Gasteiger charge is 2.37. The molecule has 0 aliphatic heterocycles. The van der Waals surface area contributed by atoms with Gasteiger partial charge in [-0.25, -0.2) is 8.78 Å². The van der Waals surface area contributed by atoms with Gasteiger partial charge in [0, 0.05) is 30.8 Å². The molecule has 1 aromatic rings. The molecule has 0 aromatic carbocycles. The zero-order chi connectivity index (χ0) is 12.5. The number of aromatic nitrogens is 1. The lowest BCUT2D eigenvalue weighted by Gasteiger charge is -2.32. The summed E-state index contributed by atoms with van der Waals surface area (Å²) in [5, 5.41) is 0. The molecule has 1 saturated carbocycles. The summed E-state index contributed by atoms with van der Waals surface area (Å²) in [4.78, 5) is 4.20. The third kappa shape index (κ3) is 3.00. The van der Waals surface area contributed by atoms with Gasteiger partial charge in [-0.1, -0.05) is 6.07 Å². The molecule has 1 atom stereocenters. The number of aryl methyl sites for hydroxylation is 1. The highest BCUT2D eigenvalue weighted by atomic mass is 19.3. The first-order valence-corrected chi connectivity index (χ1v) is 6.04. The number of hydrogen-bond acceptors (Lipinski definition) is 2. The van der Waals surface area contributed by atoms with E-state index < -0.39 is 5.92 Å². The predicted molar refractivity (Wildman–Crippen MR) is 62.8 cm³/mol. The van der Waals surface area contributed by atoms with Crippen molar-refractivity contribution >= 4 is 0 Å². The summed E-state index contributed by atoms with van der Waals surface area (Å²) in [5.41, 5.74) is 8.01. The molecule has 4 heteroatoms. The minimum absolute atomic E-state index is 0.0370. The third-order valence-corrected chi connectivity index (χ3v) is 3.59. The van der Waals surface area contributed by atoms with E-state index in [2.05, 4.69) is 4.98 Å². The van der Waals surface area contributed by atoms with Crippen molar-refractivity contribution in [2.75, 3.05) is 0 Å². The van der Waals surface area contributed by atoms with E-state index in [-0.39, 0.29) is 24.8 Å². The molecule has 0 spiro atoms. The second kappa shape index (κ2) is 4.69. The third-order valence-electron chi connectivity index (χ3n) is 3.59. The smallest absolute Gasteiger partial charge is 0.248 e. The standard InChI is InChI=1S/C13H18F2N2/c1-9-2-3-11(8-17-9)12(16)10-4-6-13(14,15)7-5-10/h2-3,8,10,12H,4-7,16H2,1H3. The Bertz CT molecular complexity index is 366. The molecular formula is C13H18F2N2. The molecule has 17 heavy (non-hydrogen) atoms. The molecule has 1 fully saturated rings. The maximum atomic E-state index is 13.0. The maximum Gasteiger partial charge on any atom is 0.248 e. The molecule has 0 amide bonds. The first-order chi connectivity index (χ1) is 7.98. The fourth-order valence-electron chi connectivity index (χ4n) is 2.37. The van der Waals surface area contributed by atoms with Gasteiger partial charge in [0.1, 0.15) is 0 Å². The lowest BCUT2D eigenvalue weighted by atomic mass is 9.80. The van der Waals surface area contributed by atoms with Crippen LogP contribution in [-0.4, -0.2) is 10.9 Å². The van der Waals surface area contributed by atoms with E-state index >= 15 is 0 Å². The van der Waals surface area contributed by atoms with Crippen molar-refractivity contribution in [2.24, 2.45) is 11.7 Å². The van der Waals surface area contributed by atoms with E-state index in [0.717, 1.165) is 11.3 Å². The second-order valence-corrected chi connectivity index (χ2v) is 4.95. The van der Waals surface area contributed by atoms with Crippen LogP contribution in [-0.2, 0) is 0 Å². The Kier molecular flexibility index (Phi) is 3.43. The Labute approximate surface area is 100 Å². The molecule has 1 unspecified atom stereocenters. The fourth-order valence-corrected chi connectivity index (χ4v) is 2.37. The van der Waals surface area contributed by atoms with Crippen molar-refractivity contribution in [2.45, 2.75) is 44.6 Å². The Balaban J connectivity index is 2.01. The molecule has 1 aliphatic rings. The Morgan fingerprint density at radius 2 is 2.00 bits per heavy atom. The Hall–Kier alpha value is -1.03. The largest absolute Gasteiger partial charge is 0.324 e. The quantitative estimate of drug-likeness (QED) is 0.862. The maximum absolute atomic E-state index is 13.0. The van der Waals surface area contributed by atoms with Crippen LogP contribution in [0, 0.1) is 12.8 Å². The minimum atomic E-state index is -2.48. The summed E-state index contributed by atoms with van der Waals surface area (Å²) in [6.07, 6.45) is 2.69. The van der Waals surface area contributed by atoms with Crippen LogP contribution in [0.4, 0.5) is 8.78 Å². The molecule has 94 valence electrons. The molecule has 0 saturated heterocycles. The highest BCUT2D eigenvalue weighted by molar-refractivity contribution is 5.17. The average molecular weight is 240 g/mol. The molecule has 1 aliphatic carbocycles. The molecule has 2 N–H and O–H groups in total. The average Bonchev–Trinajstić information content (AvgIpc) is 2.29. The Morgan fingerprint density at radius 1 is 1.35 bits per heavy atom. The zero-order valence-electron chi connectivity index (χ0n) is 10.00. The lowest BCUT2D eigenvalue weighted by Crippen LogP contribution is -2.31. The van der Waals surface area contributed by atoms with E-state index in [1.54, 1.807) is 6.20 Å². The number of nitrogens with two attached hydrogens (primary N) is 1. The van der Waals surface area contributed by atoms with Crippen molar-refractivity contribution in [1.29, 1.82) is 0 Å². The summed E-state index contributed by atoms with van der Waals surface area (Å²) >= 11 is 0. The second-order valence-electron chi connectivity index (χ2n) is 4.95. The molecule has 2 rings (SSSR count). The van der Waals surface area contributed by atoms with Gasteiger partial charge in [0.25, 0.3) is 0 Å². The highest BCUT2D eigenvalue weighted by Crippen LogP contribution is 2.40. The molecule has 1 aromatic heterocycles. The number of rotatable bonds is 2. The summed E-state index contributed by atoms with van der Waals surface area (Å²) < 4.78 is 26.1. The molecule has 0 bridgehead atoms. The van der Waals surface area contributed by atoms with E-state index in [1.807, 2.05) is 19.1 Å². The SMILES string of the molecule is Cc1ccc(C(N)C2CCC(F)(F)CC2)cn1. The van der Waals surface area contributed by atoms with Crippen LogP contribution in [0.15, 0.2) is 18.3 Å². The summed E-state index contributed by atoms with van der Waals surface area (Å²) in [7, 11) is 0. The predicted octanol–water partition coefficient (Wildman–Crippen LogP) is 3.22. The summed E-state index contributed by atoms with van der Waals surface area (Å²) in [5.74, 6) is -2.33. The van der Waals surface area contributed by atoms with Gasteiger partial charge in [-0.15, -0.1) is 0 Å². The van der Waals surface area contributed by atoms with Gasteiger partial charge in [0.15, 0.2) is 0 Å². The van der Waals surface area contributed by atoms with Crippen LogP contribution in [0.5, 0.6) is 0 Å². The molecular weight excluding hydrogens is 222 g/mol. The van der Waals surface area contributed by atoms with Crippen molar-refractivity contribution in [3.63, 3.8) is 0 Å². The van der Waals surface area contributed by atoms with Gasteiger partial charge in [-0.2, -0.15) is 0 Å². The van der Waals surface area contributed by atoms with Crippen LogP contribution < -0.4 is 5.73 Å². The minimum Gasteiger partial charge on any atom is -0.324 e. The van der Waals surface area contributed by atoms with Crippen molar-refractivity contribution in [3.05, 3.63) is 29.6 Å². The first kappa shape index (κ1) is 12.4. The normalized spacial score (nSPS) is 22.4. The first-order valence-electron chi connectivity index (χ1n) is 6.04. The number of nitrogens with zero attached hydrogens (tertiary/aromatic N) is 1. The van der Waals surface area contributed by atoms with Crippen LogP contribution in [0.2, 0.25) is 0 Å². The van der Waals surface area contributed by atoms with Gasteiger partial charge in [0.2, 0.25) is 5.92 Å². The van der Waals surface area contributed by atoms with Crippen LogP contribution in [0.3, 0.4) is 0 Å². The van der Waals surface area contributed by atoms with Crippen molar-refractivity contribution < 1.29 is 8.78 Å². The number of hydrogen-bond donors (Lipinski definition) is 1. The molecule has 1 heterocycles. The molecule has 2 nitrogen and oxygen atoms in total. The number of pyridine rings is 1. The number of halogens is 2. The van der Waals surface area contributed by atoms with Gasteiger partial charge < -0.3 is 5.73 Å². The molecule has 0 radical (unpaired) electrons. The summed E-state index contributed by atoms with van der Waals surface area (Å²) in [6, 6.07) is 3.69. The van der Waals surface area contributed by atoms with Gasteiger partial charge in [-0.05, 0) is 37.3 Å². The summed E-state index contributed by atoms with van der Waals surface area (Å²) in [6.45, 7) is 1.91. The van der Waals surface area contributed by atoms with Gasteiger partial charge in [0.05, 0.1) is 0 Å². The van der Waals surface area contributed by atoms with Crippen LogP contribution in [0.25, 0.3) is 0 Å². The van der Waals surface area contributed by atoms with E-state index in [9.17, 15) is 8.78 Å². The van der Waals surface area contributed by atoms with Gasteiger partial charge in [-0.3, -0.25) is 4.98 Å².